The van der Waals surface area contributed by atoms with Gasteiger partial charge in [-0.3, -0.25) is 9.78 Å². The molecule has 16 heavy (non-hydrogen) atoms. The van der Waals surface area contributed by atoms with E-state index in [1.165, 1.54) is 11.8 Å². The van der Waals surface area contributed by atoms with Gasteiger partial charge in [0.25, 0.3) is 5.91 Å². The van der Waals surface area contributed by atoms with Gasteiger partial charge >= 0.3 is 0 Å². The molecular formula is C11H12N2OS2. The van der Waals surface area contributed by atoms with Crippen molar-refractivity contribution >= 4 is 35.9 Å². The maximum atomic E-state index is 11.6. The molecule has 1 aromatic rings. The van der Waals surface area contributed by atoms with E-state index < -0.39 is 0 Å². The highest BCUT2D eigenvalue weighted by molar-refractivity contribution is 8.14. The Morgan fingerprint density at radius 2 is 2.31 bits per heavy atom. The number of thiol groups is 1. The molecule has 1 N–H and O–H groups in total. The zero-order valence-corrected chi connectivity index (χ0v) is 10.7. The molecule has 0 spiro atoms. The Morgan fingerprint density at radius 1 is 1.56 bits per heavy atom. The average Bonchev–Trinajstić information content (AvgIpc) is 2.58. The van der Waals surface area contributed by atoms with Gasteiger partial charge in [-0.15, -0.1) is 12.6 Å². The Hall–Kier alpha value is -0.940. The number of pyridine rings is 1. The van der Waals surface area contributed by atoms with Crippen LogP contribution < -0.4 is 5.32 Å². The van der Waals surface area contributed by atoms with E-state index in [-0.39, 0.29) is 10.6 Å². The molecule has 0 bridgehead atoms. The van der Waals surface area contributed by atoms with Gasteiger partial charge in [0.2, 0.25) is 0 Å². The molecule has 0 radical (unpaired) electrons. The van der Waals surface area contributed by atoms with Gasteiger partial charge in [-0.25, -0.2) is 0 Å². The van der Waals surface area contributed by atoms with Gasteiger partial charge in [0.05, 0.1) is 4.91 Å². The molecule has 1 fully saturated rings. The minimum Gasteiger partial charge on any atom is -0.331 e. The van der Waals surface area contributed by atoms with E-state index >= 15 is 0 Å². The molecular weight excluding hydrogens is 240 g/mol. The summed E-state index contributed by atoms with van der Waals surface area (Å²) in [6, 6.07) is 3.92. The first-order valence-electron chi connectivity index (χ1n) is 4.87. The van der Waals surface area contributed by atoms with Gasteiger partial charge in [0.1, 0.15) is 4.71 Å². The molecule has 1 unspecified atom stereocenters. The highest BCUT2D eigenvalue weighted by Crippen LogP contribution is 2.35. The number of nitrogens with one attached hydrogen (secondary N) is 1. The number of carbonyl (C=O) groups is 1. The standard InChI is InChI=1S/C11H12N2OS2/c1-6-3-4-8(5-12-6)7(2)9-10(14)13-11(15)16-9/h3-5,11,15H,1-2H3,(H,13,14)/b9-7+. The predicted molar refractivity (Wildman–Crippen MR) is 70.1 cm³/mol. The molecule has 3 nitrogen and oxygen atoms in total. The maximum absolute atomic E-state index is 11.6. The Morgan fingerprint density at radius 3 is 2.81 bits per heavy atom. The second-order valence-corrected chi connectivity index (χ2v) is 5.57. The van der Waals surface area contributed by atoms with Crippen LogP contribution in [0.15, 0.2) is 23.2 Å². The topological polar surface area (TPSA) is 42.0 Å². The number of hydrogen-bond acceptors (Lipinski definition) is 4. The fourth-order valence-corrected chi connectivity index (χ4v) is 2.74. The minimum absolute atomic E-state index is 0.0527. The summed E-state index contributed by atoms with van der Waals surface area (Å²) in [4.78, 5) is 16.6. The summed E-state index contributed by atoms with van der Waals surface area (Å²) in [7, 11) is 0. The van der Waals surface area contributed by atoms with E-state index in [0.717, 1.165) is 21.7 Å². The van der Waals surface area contributed by atoms with Crippen molar-refractivity contribution in [2.75, 3.05) is 0 Å². The van der Waals surface area contributed by atoms with Crippen molar-refractivity contribution in [3.8, 4) is 0 Å². The van der Waals surface area contributed by atoms with Crippen LogP contribution in [0.2, 0.25) is 0 Å². The van der Waals surface area contributed by atoms with Gasteiger partial charge in [-0.2, -0.15) is 0 Å². The van der Waals surface area contributed by atoms with Crippen molar-refractivity contribution in [2.45, 2.75) is 18.6 Å². The summed E-state index contributed by atoms with van der Waals surface area (Å²) in [6.45, 7) is 3.87. The monoisotopic (exact) mass is 252 g/mol. The van der Waals surface area contributed by atoms with Crippen molar-refractivity contribution < 1.29 is 4.79 Å². The highest BCUT2D eigenvalue weighted by atomic mass is 32.2. The lowest BCUT2D eigenvalue weighted by Crippen LogP contribution is -2.19. The molecule has 1 aromatic heterocycles. The van der Waals surface area contributed by atoms with Crippen LogP contribution in [0.5, 0.6) is 0 Å². The van der Waals surface area contributed by atoms with Crippen LogP contribution in [0.25, 0.3) is 5.57 Å². The third-order valence-corrected chi connectivity index (χ3v) is 3.89. The highest BCUT2D eigenvalue weighted by Gasteiger charge is 2.26. The largest absolute Gasteiger partial charge is 0.331 e. The summed E-state index contributed by atoms with van der Waals surface area (Å²) in [6.07, 6.45) is 1.79. The van der Waals surface area contributed by atoms with Gasteiger partial charge < -0.3 is 5.32 Å². The number of rotatable bonds is 1. The molecule has 0 aromatic carbocycles. The molecule has 5 heteroatoms. The van der Waals surface area contributed by atoms with Crippen molar-refractivity contribution in [3.63, 3.8) is 0 Å². The fourth-order valence-electron chi connectivity index (χ4n) is 1.45. The molecule has 1 saturated heterocycles. The lowest BCUT2D eigenvalue weighted by atomic mass is 10.1. The molecule has 1 aliphatic heterocycles. The summed E-state index contributed by atoms with van der Waals surface area (Å²) < 4.78 is -0.143. The number of carbonyl (C=O) groups excluding carboxylic acids is 1. The van der Waals surface area contributed by atoms with Crippen LogP contribution in [0, 0.1) is 6.92 Å². The fraction of sp³-hybridized carbons (Fsp3) is 0.273. The number of allylic oxidation sites excluding steroid dienone is 1. The van der Waals surface area contributed by atoms with E-state index in [0.29, 0.717) is 0 Å². The first-order valence-corrected chi connectivity index (χ1v) is 6.27. The third-order valence-electron chi connectivity index (χ3n) is 2.38. The quantitative estimate of drug-likeness (QED) is 0.595. The zero-order chi connectivity index (χ0) is 11.7. The number of thioether (sulfide) groups is 1. The van der Waals surface area contributed by atoms with Crippen LogP contribution in [0.1, 0.15) is 18.2 Å². The van der Waals surface area contributed by atoms with Crippen LogP contribution in [-0.2, 0) is 4.79 Å². The van der Waals surface area contributed by atoms with Crippen molar-refractivity contribution in [1.29, 1.82) is 0 Å². The van der Waals surface area contributed by atoms with Crippen molar-refractivity contribution in [3.05, 3.63) is 34.5 Å². The second kappa shape index (κ2) is 4.51. The van der Waals surface area contributed by atoms with Crippen LogP contribution in [0.4, 0.5) is 0 Å². The molecule has 2 rings (SSSR count). The lowest BCUT2D eigenvalue weighted by molar-refractivity contribution is -0.116. The Balaban J connectivity index is 2.37. The third kappa shape index (κ3) is 2.25. The Labute approximate surface area is 104 Å². The molecule has 84 valence electrons. The molecule has 0 saturated carbocycles. The number of nitrogens with zero attached hydrogens (tertiary/aromatic N) is 1. The van der Waals surface area contributed by atoms with Gasteiger partial charge in [-0.1, -0.05) is 17.8 Å². The second-order valence-electron chi connectivity index (χ2n) is 3.59. The maximum Gasteiger partial charge on any atom is 0.259 e. The Kier molecular flexibility index (Phi) is 3.25. The van der Waals surface area contributed by atoms with Crippen LogP contribution in [0.3, 0.4) is 0 Å². The molecule has 0 aliphatic carbocycles. The number of aromatic nitrogens is 1. The first-order chi connectivity index (χ1) is 7.58. The summed E-state index contributed by atoms with van der Waals surface area (Å²) in [5, 5.41) is 2.74. The molecule has 1 amide bonds. The van der Waals surface area contributed by atoms with E-state index in [1.54, 1.807) is 6.20 Å². The first kappa shape index (κ1) is 11.5. The SMILES string of the molecule is C/C(=C1\SC(S)NC1=O)c1ccc(C)nc1. The average molecular weight is 252 g/mol. The molecule has 2 heterocycles. The lowest BCUT2D eigenvalue weighted by Gasteiger charge is -2.03. The van der Waals surface area contributed by atoms with Crippen LogP contribution >= 0.6 is 24.4 Å². The van der Waals surface area contributed by atoms with E-state index in [2.05, 4.69) is 22.9 Å². The number of hydrogen-bond donors (Lipinski definition) is 2. The Bertz CT molecular complexity index is 454. The zero-order valence-electron chi connectivity index (χ0n) is 9.02. The summed E-state index contributed by atoms with van der Waals surface area (Å²) in [5.41, 5.74) is 2.90. The van der Waals surface area contributed by atoms with Crippen LogP contribution in [-0.4, -0.2) is 15.6 Å². The molecule has 1 aliphatic rings. The van der Waals surface area contributed by atoms with Crippen molar-refractivity contribution in [2.24, 2.45) is 0 Å². The molecule has 1 atom stereocenters. The van der Waals surface area contributed by atoms with E-state index in [4.69, 9.17) is 0 Å². The van der Waals surface area contributed by atoms with Gasteiger partial charge in [0, 0.05) is 11.9 Å². The van der Waals surface area contributed by atoms with E-state index in [1.807, 2.05) is 26.0 Å². The van der Waals surface area contributed by atoms with E-state index in [9.17, 15) is 4.79 Å². The van der Waals surface area contributed by atoms with Gasteiger partial charge in [0.15, 0.2) is 0 Å². The smallest absolute Gasteiger partial charge is 0.259 e. The number of amides is 1. The minimum atomic E-state index is -0.143. The predicted octanol–water partition coefficient (Wildman–Crippen LogP) is 2.20. The van der Waals surface area contributed by atoms with Crippen molar-refractivity contribution in [1.82, 2.24) is 10.3 Å². The number of aryl methyl sites for hydroxylation is 1. The normalized spacial score (nSPS) is 23.2. The van der Waals surface area contributed by atoms with Gasteiger partial charge in [-0.05, 0) is 31.1 Å². The summed E-state index contributed by atoms with van der Waals surface area (Å²) >= 11 is 5.65. The summed E-state index contributed by atoms with van der Waals surface area (Å²) in [5.74, 6) is -0.0527.